The van der Waals surface area contributed by atoms with Crippen molar-refractivity contribution in [2.75, 3.05) is 52.9 Å². The van der Waals surface area contributed by atoms with E-state index in [1.165, 1.54) is 7.11 Å². The van der Waals surface area contributed by atoms with Crippen molar-refractivity contribution in [2.45, 2.75) is 12.5 Å². The van der Waals surface area contributed by atoms with Gasteiger partial charge in [0.05, 0.1) is 13.7 Å². The fourth-order valence-corrected chi connectivity index (χ4v) is 2.53. The maximum Gasteiger partial charge on any atom is 0.407 e. The van der Waals surface area contributed by atoms with Crippen LogP contribution in [0.1, 0.15) is 6.42 Å². The van der Waals surface area contributed by atoms with E-state index in [9.17, 15) is 9.59 Å². The van der Waals surface area contributed by atoms with E-state index in [4.69, 9.17) is 0 Å². The molecule has 2 heterocycles. The first-order valence-corrected chi connectivity index (χ1v) is 6.74. The molecule has 2 rings (SSSR count). The molecule has 2 amide bonds. The van der Waals surface area contributed by atoms with Gasteiger partial charge in [-0.15, -0.1) is 0 Å². The molecule has 2 fully saturated rings. The van der Waals surface area contributed by atoms with E-state index in [-0.39, 0.29) is 11.9 Å². The molecule has 7 nitrogen and oxygen atoms in total. The van der Waals surface area contributed by atoms with Gasteiger partial charge in [-0.2, -0.15) is 0 Å². The summed E-state index contributed by atoms with van der Waals surface area (Å²) in [4.78, 5) is 27.2. The molecule has 2 aliphatic heterocycles. The summed E-state index contributed by atoms with van der Waals surface area (Å²) >= 11 is 0. The van der Waals surface area contributed by atoms with Gasteiger partial charge in [-0.1, -0.05) is 0 Å². The molecule has 7 heteroatoms. The summed E-state index contributed by atoms with van der Waals surface area (Å²) in [6, 6.07) is 0.0864. The molecular weight excluding hydrogens is 248 g/mol. The van der Waals surface area contributed by atoms with E-state index < -0.39 is 6.09 Å². The Morgan fingerprint density at radius 3 is 2.74 bits per heavy atom. The molecule has 1 unspecified atom stereocenters. The van der Waals surface area contributed by atoms with Crippen LogP contribution in [0.15, 0.2) is 0 Å². The van der Waals surface area contributed by atoms with Crippen LogP contribution in [0.3, 0.4) is 0 Å². The maximum atomic E-state index is 12.1. The zero-order valence-corrected chi connectivity index (χ0v) is 11.4. The number of alkyl carbamates (subject to hydrolysis) is 1. The number of nitrogens with zero attached hydrogens (tertiary/aromatic N) is 2. The van der Waals surface area contributed by atoms with E-state index >= 15 is 0 Å². The van der Waals surface area contributed by atoms with Gasteiger partial charge < -0.3 is 20.3 Å². The van der Waals surface area contributed by atoms with Crippen molar-refractivity contribution in [3.05, 3.63) is 0 Å². The first-order valence-electron chi connectivity index (χ1n) is 6.74. The highest BCUT2D eigenvalue weighted by Crippen LogP contribution is 2.09. The zero-order valence-electron chi connectivity index (χ0n) is 11.4. The Morgan fingerprint density at radius 2 is 2.05 bits per heavy atom. The zero-order chi connectivity index (χ0) is 13.7. The topological polar surface area (TPSA) is 73.9 Å². The van der Waals surface area contributed by atoms with Crippen LogP contribution in [0.25, 0.3) is 0 Å². The Balaban J connectivity index is 1.72. The lowest BCUT2D eigenvalue weighted by Gasteiger charge is -2.29. The highest BCUT2D eigenvalue weighted by atomic mass is 16.5. The lowest BCUT2D eigenvalue weighted by molar-refractivity contribution is -0.132. The molecule has 0 aliphatic carbocycles. The number of carbonyl (C=O) groups is 2. The third kappa shape index (κ3) is 4.07. The SMILES string of the molecule is COC(=O)NC1CCN(CC(=O)N2CCNCC2)C1. The minimum atomic E-state index is -0.403. The Bertz CT molecular complexity index is 331. The number of rotatable bonds is 3. The molecule has 0 spiro atoms. The number of ether oxygens (including phenoxy) is 1. The molecule has 19 heavy (non-hydrogen) atoms. The average Bonchev–Trinajstić information content (AvgIpc) is 2.86. The standard InChI is InChI=1S/C12H22N4O3/c1-19-12(18)14-10-2-5-15(8-10)9-11(17)16-6-3-13-4-7-16/h10,13H,2-9H2,1H3,(H,14,18). The van der Waals surface area contributed by atoms with Crippen LogP contribution in [0.4, 0.5) is 4.79 Å². The Kier molecular flexibility index (Phi) is 4.98. The monoisotopic (exact) mass is 270 g/mol. The lowest BCUT2D eigenvalue weighted by atomic mass is 10.3. The van der Waals surface area contributed by atoms with Gasteiger partial charge in [-0.3, -0.25) is 9.69 Å². The predicted octanol–water partition coefficient (Wildman–Crippen LogP) is -1.15. The highest BCUT2D eigenvalue weighted by molar-refractivity contribution is 5.78. The van der Waals surface area contributed by atoms with Gasteiger partial charge >= 0.3 is 6.09 Å². The van der Waals surface area contributed by atoms with Crippen LogP contribution in [0.2, 0.25) is 0 Å². The molecule has 0 aromatic rings. The van der Waals surface area contributed by atoms with Crippen molar-refractivity contribution in [1.82, 2.24) is 20.4 Å². The maximum absolute atomic E-state index is 12.1. The van der Waals surface area contributed by atoms with Crippen LogP contribution in [0.5, 0.6) is 0 Å². The van der Waals surface area contributed by atoms with Gasteiger partial charge in [0, 0.05) is 45.3 Å². The van der Waals surface area contributed by atoms with Gasteiger partial charge in [0.25, 0.3) is 0 Å². The van der Waals surface area contributed by atoms with Gasteiger partial charge in [-0.25, -0.2) is 4.79 Å². The van der Waals surface area contributed by atoms with Crippen LogP contribution in [-0.4, -0.2) is 80.8 Å². The molecule has 0 radical (unpaired) electrons. The minimum absolute atomic E-state index is 0.0864. The molecular formula is C12H22N4O3. The Morgan fingerprint density at radius 1 is 1.32 bits per heavy atom. The van der Waals surface area contributed by atoms with Crippen LogP contribution < -0.4 is 10.6 Å². The van der Waals surface area contributed by atoms with E-state index in [0.717, 1.165) is 39.1 Å². The number of likely N-dealkylation sites (tertiary alicyclic amines) is 1. The van der Waals surface area contributed by atoms with E-state index in [0.29, 0.717) is 13.1 Å². The van der Waals surface area contributed by atoms with Gasteiger partial charge in [0.2, 0.25) is 5.91 Å². The summed E-state index contributed by atoms with van der Waals surface area (Å²) in [5.74, 6) is 0.181. The van der Waals surface area contributed by atoms with E-state index in [1.807, 2.05) is 4.90 Å². The molecule has 0 aromatic heterocycles. The smallest absolute Gasteiger partial charge is 0.407 e. The molecule has 2 saturated heterocycles. The molecule has 0 saturated carbocycles. The Hall–Kier alpha value is -1.34. The number of nitrogens with one attached hydrogen (secondary N) is 2. The minimum Gasteiger partial charge on any atom is -0.453 e. The van der Waals surface area contributed by atoms with Crippen molar-refractivity contribution in [3.8, 4) is 0 Å². The van der Waals surface area contributed by atoms with Crippen molar-refractivity contribution in [1.29, 1.82) is 0 Å². The number of piperazine rings is 1. The molecule has 0 bridgehead atoms. The van der Waals surface area contributed by atoms with Crippen LogP contribution in [0, 0.1) is 0 Å². The molecule has 108 valence electrons. The summed E-state index contributed by atoms with van der Waals surface area (Å²) < 4.78 is 4.57. The van der Waals surface area contributed by atoms with E-state index in [1.54, 1.807) is 0 Å². The van der Waals surface area contributed by atoms with Gasteiger partial charge in [-0.05, 0) is 6.42 Å². The normalized spacial score (nSPS) is 24.3. The summed E-state index contributed by atoms with van der Waals surface area (Å²) in [6.45, 7) is 5.32. The van der Waals surface area contributed by atoms with Crippen LogP contribution >= 0.6 is 0 Å². The summed E-state index contributed by atoms with van der Waals surface area (Å²) in [7, 11) is 1.36. The summed E-state index contributed by atoms with van der Waals surface area (Å²) in [5.41, 5.74) is 0. The first-order chi connectivity index (χ1) is 9.19. The lowest BCUT2D eigenvalue weighted by Crippen LogP contribution is -2.49. The second-order valence-electron chi connectivity index (χ2n) is 4.99. The fraction of sp³-hybridized carbons (Fsp3) is 0.833. The number of carbonyl (C=O) groups excluding carboxylic acids is 2. The fourth-order valence-electron chi connectivity index (χ4n) is 2.53. The summed E-state index contributed by atoms with van der Waals surface area (Å²) in [6.07, 6.45) is 0.462. The number of methoxy groups -OCH3 is 1. The predicted molar refractivity (Wildman–Crippen MR) is 69.8 cm³/mol. The number of hydrogen-bond donors (Lipinski definition) is 2. The largest absolute Gasteiger partial charge is 0.453 e. The quantitative estimate of drug-likeness (QED) is 0.677. The number of amides is 2. The first kappa shape index (κ1) is 14.1. The van der Waals surface area contributed by atoms with Crippen molar-refractivity contribution >= 4 is 12.0 Å². The molecule has 2 N–H and O–H groups in total. The Labute approximate surface area is 113 Å². The molecule has 1 atom stereocenters. The van der Waals surface area contributed by atoms with Crippen molar-refractivity contribution in [2.24, 2.45) is 0 Å². The third-order valence-corrected chi connectivity index (χ3v) is 3.61. The summed E-state index contributed by atoms with van der Waals surface area (Å²) in [5, 5.41) is 6.00. The second-order valence-corrected chi connectivity index (χ2v) is 4.99. The van der Waals surface area contributed by atoms with Gasteiger partial charge in [0.1, 0.15) is 0 Å². The molecule has 2 aliphatic rings. The average molecular weight is 270 g/mol. The van der Waals surface area contributed by atoms with Crippen molar-refractivity contribution < 1.29 is 14.3 Å². The number of hydrogen-bond acceptors (Lipinski definition) is 5. The van der Waals surface area contributed by atoms with E-state index in [2.05, 4.69) is 20.3 Å². The molecule has 0 aromatic carbocycles. The highest BCUT2D eigenvalue weighted by Gasteiger charge is 2.27. The van der Waals surface area contributed by atoms with Gasteiger partial charge in [0.15, 0.2) is 0 Å². The van der Waals surface area contributed by atoms with Crippen molar-refractivity contribution in [3.63, 3.8) is 0 Å². The van der Waals surface area contributed by atoms with Crippen LogP contribution in [-0.2, 0) is 9.53 Å². The second kappa shape index (κ2) is 6.72. The third-order valence-electron chi connectivity index (χ3n) is 3.61.